The summed E-state index contributed by atoms with van der Waals surface area (Å²) in [5.41, 5.74) is 13.5. The van der Waals surface area contributed by atoms with Gasteiger partial charge in [-0.2, -0.15) is 20.4 Å². The quantitative estimate of drug-likeness (QED) is 0.105. The third-order valence-corrected chi connectivity index (χ3v) is 21.3. The van der Waals surface area contributed by atoms with E-state index in [-0.39, 0.29) is 41.4 Å². The van der Waals surface area contributed by atoms with Crippen molar-refractivity contribution in [2.75, 3.05) is 19.6 Å². The summed E-state index contributed by atoms with van der Waals surface area (Å²) in [6, 6.07) is 13.1. The van der Waals surface area contributed by atoms with E-state index < -0.39 is 11.6 Å². The van der Waals surface area contributed by atoms with E-state index in [9.17, 15) is 14.4 Å². The van der Waals surface area contributed by atoms with Crippen LogP contribution in [-0.4, -0.2) is 135 Å². The number of fused-ring (bicyclic) bond motifs is 6. The number of nitrogens with zero attached hydrogens (tertiary/aromatic N) is 20. The van der Waals surface area contributed by atoms with Crippen LogP contribution in [-0.2, 0) is 87.9 Å². The highest BCUT2D eigenvalue weighted by molar-refractivity contribution is 5.99. The highest BCUT2D eigenvalue weighted by Gasteiger charge is 2.47. The van der Waals surface area contributed by atoms with Gasteiger partial charge in [0.1, 0.15) is 57.6 Å². The number of rotatable bonds is 13. The molecule has 13 heterocycles. The molecule has 96 heavy (non-hydrogen) atoms. The van der Waals surface area contributed by atoms with Crippen molar-refractivity contribution in [2.45, 2.75) is 130 Å². The monoisotopic (exact) mass is 1290 g/mol. The van der Waals surface area contributed by atoms with Crippen LogP contribution in [0, 0.1) is 37.3 Å². The minimum absolute atomic E-state index is 0.00885. The molecule has 0 saturated heterocycles. The number of hydrogen-bond donors (Lipinski definition) is 0. The number of amides is 3. The van der Waals surface area contributed by atoms with Gasteiger partial charge in [-0.3, -0.25) is 33.1 Å². The van der Waals surface area contributed by atoms with Crippen LogP contribution in [0.5, 0.6) is 0 Å². The Balaban J connectivity index is 0.689. The zero-order valence-electron chi connectivity index (χ0n) is 54.7. The Morgan fingerprint density at radius 2 is 1.18 bits per heavy atom. The molecule has 3 aliphatic heterocycles. The molecule has 18 rings (SSSR count). The van der Waals surface area contributed by atoms with Crippen LogP contribution in [0.4, 0.5) is 8.78 Å². The summed E-state index contributed by atoms with van der Waals surface area (Å²) < 4.78 is 55.8. The zero-order chi connectivity index (χ0) is 65.6. The molecule has 3 fully saturated rings. The fourth-order valence-corrected chi connectivity index (χ4v) is 15.9. The summed E-state index contributed by atoms with van der Waals surface area (Å²) in [5, 5.41) is 26.2. The van der Waals surface area contributed by atoms with Gasteiger partial charge in [-0.15, -0.1) is 0 Å². The van der Waals surface area contributed by atoms with Gasteiger partial charge in [-0.05, 0) is 81.7 Å². The topological polar surface area (TPSA) is 230 Å². The first-order chi connectivity index (χ1) is 46.4. The average molecular weight is 1290 g/mol. The van der Waals surface area contributed by atoms with Crippen LogP contribution in [0.3, 0.4) is 0 Å². The van der Waals surface area contributed by atoms with E-state index in [2.05, 4.69) is 34.6 Å². The molecule has 0 N–H and O–H groups in total. The lowest BCUT2D eigenvalue weighted by atomic mass is 10.0. The molecule has 10 aromatic heterocycles. The third-order valence-electron chi connectivity index (χ3n) is 21.3. The van der Waals surface area contributed by atoms with Gasteiger partial charge in [0.2, 0.25) is 17.7 Å². The summed E-state index contributed by atoms with van der Waals surface area (Å²) in [6.45, 7) is 14.0. The number of carbonyl (C=O) groups excluding carboxylic acids is 3. The van der Waals surface area contributed by atoms with Gasteiger partial charge < -0.3 is 37.5 Å². The Kier molecular flexibility index (Phi) is 12.9. The molecule has 0 bridgehead atoms. The highest BCUT2D eigenvalue weighted by Crippen LogP contribution is 2.53. The SMILES string of the molecule is CC(=O)N1CCn2c(C3CC3)nc(-c3cc4c(-c5cnn(C)c5)nn(CC5CC5c5nc(-c6ccnc7c6cc(-c6ccn(C)n6)n7CC6CC6c6nc(-c7cc8c(-c9c(C)noc9C)nn(C)c8cc7F)c7n6CCN(C(C)=O)C7)c6n5CCN(C(C)=O)C6)c4cc3F)c2C1. The summed E-state index contributed by atoms with van der Waals surface area (Å²) in [5.74, 6) is 3.12. The molecule has 26 heteroatoms. The van der Waals surface area contributed by atoms with Crippen LogP contribution in [0.1, 0.15) is 110 Å². The molecule has 4 atom stereocenters. The number of aryl methyl sites for hydroxylation is 5. The van der Waals surface area contributed by atoms with E-state index in [1.165, 1.54) is 6.07 Å². The van der Waals surface area contributed by atoms with E-state index >= 15 is 8.78 Å². The first-order valence-electron chi connectivity index (χ1n) is 33.2. The van der Waals surface area contributed by atoms with Crippen LogP contribution >= 0.6 is 0 Å². The molecular weight excluding hydrogens is 1220 g/mol. The van der Waals surface area contributed by atoms with E-state index in [1.54, 1.807) is 59.0 Å². The summed E-state index contributed by atoms with van der Waals surface area (Å²) in [4.78, 5) is 65.9. The molecular formula is C70H70F2N20O4. The molecule has 4 unspecified atom stereocenters. The first kappa shape index (κ1) is 58.2. The fraction of sp³-hybridized carbons (Fsp3) is 0.400. The number of imidazole rings is 3. The molecule has 0 spiro atoms. The molecule has 3 aliphatic carbocycles. The maximum absolute atomic E-state index is 17.2. The minimum Gasteiger partial charge on any atom is -0.361 e. The van der Waals surface area contributed by atoms with E-state index in [1.807, 2.05) is 85.3 Å². The zero-order valence-corrected chi connectivity index (χ0v) is 54.7. The van der Waals surface area contributed by atoms with Crippen molar-refractivity contribution in [1.82, 2.24) is 97.2 Å². The van der Waals surface area contributed by atoms with Crippen molar-refractivity contribution in [3.8, 4) is 67.7 Å². The second-order valence-electron chi connectivity index (χ2n) is 27.5. The van der Waals surface area contributed by atoms with Crippen molar-refractivity contribution in [3.05, 3.63) is 125 Å². The smallest absolute Gasteiger partial charge is 0.219 e. The molecule has 3 amide bonds. The predicted molar refractivity (Wildman–Crippen MR) is 350 cm³/mol. The predicted octanol–water partition coefficient (Wildman–Crippen LogP) is 9.79. The van der Waals surface area contributed by atoms with Gasteiger partial charge in [0, 0.05) is 181 Å². The molecule has 2 aromatic carbocycles. The maximum Gasteiger partial charge on any atom is 0.219 e. The van der Waals surface area contributed by atoms with Gasteiger partial charge in [0.25, 0.3) is 0 Å². The summed E-state index contributed by atoms with van der Waals surface area (Å²) in [7, 11) is 5.58. The van der Waals surface area contributed by atoms with Crippen LogP contribution in [0.25, 0.3) is 101 Å². The first-order valence-corrected chi connectivity index (χ1v) is 33.2. The Morgan fingerprint density at radius 1 is 0.604 bits per heavy atom. The summed E-state index contributed by atoms with van der Waals surface area (Å²) >= 11 is 0. The minimum atomic E-state index is -0.434. The average Bonchev–Trinajstić information content (AvgIpc) is 1.58. The van der Waals surface area contributed by atoms with Gasteiger partial charge in [0.15, 0.2) is 0 Å². The number of halogens is 2. The van der Waals surface area contributed by atoms with E-state index in [0.29, 0.717) is 134 Å². The van der Waals surface area contributed by atoms with Crippen molar-refractivity contribution >= 4 is 50.6 Å². The van der Waals surface area contributed by atoms with Gasteiger partial charge >= 0.3 is 0 Å². The van der Waals surface area contributed by atoms with Gasteiger partial charge in [0.05, 0.1) is 88.0 Å². The fourth-order valence-electron chi connectivity index (χ4n) is 15.9. The molecule has 12 aromatic rings. The third kappa shape index (κ3) is 9.23. The Bertz CT molecular complexity index is 5290. The number of pyridine rings is 1. The van der Waals surface area contributed by atoms with Crippen LogP contribution < -0.4 is 0 Å². The van der Waals surface area contributed by atoms with Crippen molar-refractivity contribution < 1.29 is 27.7 Å². The van der Waals surface area contributed by atoms with Crippen molar-refractivity contribution in [3.63, 3.8) is 0 Å². The van der Waals surface area contributed by atoms with Crippen molar-refractivity contribution in [2.24, 2.45) is 33.0 Å². The molecule has 6 aliphatic rings. The molecule has 488 valence electrons. The molecule has 3 saturated carbocycles. The van der Waals surface area contributed by atoms with Crippen LogP contribution in [0.15, 0.2) is 71.8 Å². The van der Waals surface area contributed by atoms with Gasteiger partial charge in [-0.1, -0.05) is 5.16 Å². The van der Waals surface area contributed by atoms with E-state index in [0.717, 1.165) is 116 Å². The lowest BCUT2D eigenvalue weighted by Gasteiger charge is -2.28. The lowest BCUT2D eigenvalue weighted by molar-refractivity contribution is -0.131. The maximum atomic E-state index is 17.2. The second-order valence-corrected chi connectivity index (χ2v) is 27.5. The number of aromatic nitrogens is 17. The number of carbonyl (C=O) groups is 3. The number of hydrogen-bond acceptors (Lipinski definition) is 13. The summed E-state index contributed by atoms with van der Waals surface area (Å²) in [6.07, 6.45) is 11.3. The largest absolute Gasteiger partial charge is 0.361 e. The van der Waals surface area contributed by atoms with E-state index in [4.69, 9.17) is 39.8 Å². The second kappa shape index (κ2) is 21.3. The highest BCUT2D eigenvalue weighted by atomic mass is 19.1. The Hall–Kier alpha value is -10.4. The number of benzene rings is 2. The Morgan fingerprint density at radius 3 is 1.73 bits per heavy atom. The van der Waals surface area contributed by atoms with Crippen LogP contribution in [0.2, 0.25) is 0 Å². The normalized spacial score (nSPS) is 19.1. The standard InChI is InChI=1S/C70H70F2N20O4/c1-35-61(36(2)96-81-35)66-50-23-48(52(71)26-55(50)84(8)79-66)65-60-34-87(39(5)95)17-20-90(60)69(77-65)45-21-41(45)30-91-57(54-12-14-82(6)78-54)25-47-44(11-13-73-68(47)91)63-58-32-86(38(4)94)16-19-89(58)70(76-63)46-22-42(46)31-92-56-27-53(72)49(24-51(56)62(80-92)43-28-74-83(7)29-43)64-59-33-85(37(3)93)15-18-88(59)67(75-64)40-9-10-40/h11-14,23-29,40-42,45-46H,9-10,15-22,30-34H2,1-8H3. The van der Waals surface area contributed by atoms with Gasteiger partial charge in [-0.25, -0.2) is 28.7 Å². The Labute approximate surface area is 548 Å². The van der Waals surface area contributed by atoms with Crippen molar-refractivity contribution in [1.29, 1.82) is 0 Å². The lowest BCUT2D eigenvalue weighted by Crippen LogP contribution is -2.37. The molecule has 0 radical (unpaired) electrons. The molecule has 24 nitrogen and oxygen atoms in total.